The molecule has 0 spiro atoms. The summed E-state index contributed by atoms with van der Waals surface area (Å²) in [6.07, 6.45) is 0. The highest BCUT2D eigenvalue weighted by Gasteiger charge is 2.20. The number of thiophene rings is 1. The molecule has 0 bridgehead atoms. The summed E-state index contributed by atoms with van der Waals surface area (Å²) in [6.45, 7) is 0. The van der Waals surface area contributed by atoms with Crippen LogP contribution in [0.4, 0.5) is 5.13 Å². The molecule has 0 fully saturated rings. The number of carbonyl (C=O) groups is 1. The van der Waals surface area contributed by atoms with Gasteiger partial charge in [0, 0.05) is 5.38 Å². The number of halogens is 1. The van der Waals surface area contributed by atoms with E-state index < -0.39 is 21.5 Å². The number of nitrogens with zero attached hydrogens (tertiary/aromatic N) is 1. The smallest absolute Gasteiger partial charge is 0.241 e. The number of hydrogen-bond acceptors (Lipinski definition) is 7. The van der Waals surface area contributed by atoms with Gasteiger partial charge in [-0.1, -0.05) is 11.6 Å². The zero-order valence-electron chi connectivity index (χ0n) is 13.4. The second kappa shape index (κ2) is 7.75. The molecule has 0 saturated heterocycles. The number of aromatic nitrogens is 1. The fourth-order valence-electron chi connectivity index (χ4n) is 2.09. The second-order valence-corrected chi connectivity index (χ2v) is 9.69. The number of benzene rings is 1. The van der Waals surface area contributed by atoms with Crippen molar-refractivity contribution < 1.29 is 17.9 Å². The van der Waals surface area contributed by atoms with Crippen LogP contribution in [0.15, 0.2) is 46.7 Å². The molecule has 0 aliphatic carbocycles. The number of hydrogen-bond donors (Lipinski definition) is 1. The first kappa shape index (κ1) is 18.8. The quantitative estimate of drug-likeness (QED) is 0.642. The summed E-state index contributed by atoms with van der Waals surface area (Å²) < 4.78 is 30.3. The molecule has 26 heavy (non-hydrogen) atoms. The van der Waals surface area contributed by atoms with Crippen LogP contribution in [0, 0.1) is 0 Å². The highest BCUT2D eigenvalue weighted by Crippen LogP contribution is 2.32. The van der Waals surface area contributed by atoms with Gasteiger partial charge in [0.15, 0.2) is 15.0 Å². The number of ether oxygens (including phenoxy) is 1. The van der Waals surface area contributed by atoms with Crippen molar-refractivity contribution in [3.63, 3.8) is 0 Å². The van der Waals surface area contributed by atoms with E-state index in [0.29, 0.717) is 20.9 Å². The first-order valence-electron chi connectivity index (χ1n) is 7.25. The molecule has 2 aromatic heterocycles. The largest absolute Gasteiger partial charge is 0.497 e. The van der Waals surface area contributed by atoms with Gasteiger partial charge in [0.25, 0.3) is 0 Å². The minimum absolute atomic E-state index is 0.0569. The maximum atomic E-state index is 12.3. The molecule has 136 valence electrons. The fourth-order valence-corrected chi connectivity index (χ4v) is 5.03. The van der Waals surface area contributed by atoms with Crippen molar-refractivity contribution in [1.82, 2.24) is 4.98 Å². The summed E-state index contributed by atoms with van der Waals surface area (Å²) in [5.74, 6) is -0.776. The average Bonchev–Trinajstić information content (AvgIpc) is 3.23. The van der Waals surface area contributed by atoms with Crippen LogP contribution in [-0.2, 0) is 14.6 Å². The van der Waals surface area contributed by atoms with Gasteiger partial charge in [0.1, 0.15) is 11.5 Å². The maximum Gasteiger partial charge on any atom is 0.241 e. The summed E-state index contributed by atoms with van der Waals surface area (Å²) in [4.78, 5) is 17.3. The summed E-state index contributed by atoms with van der Waals surface area (Å²) in [6, 6.07) is 9.48. The van der Waals surface area contributed by atoms with Crippen molar-refractivity contribution in [2.45, 2.75) is 4.90 Å². The summed E-state index contributed by atoms with van der Waals surface area (Å²) in [7, 11) is -2.26. The third-order valence-electron chi connectivity index (χ3n) is 3.32. The topological polar surface area (TPSA) is 85.4 Å². The summed E-state index contributed by atoms with van der Waals surface area (Å²) in [5, 5.41) is 4.63. The molecule has 1 amide bonds. The van der Waals surface area contributed by atoms with Gasteiger partial charge in [-0.2, -0.15) is 0 Å². The molecule has 0 atom stereocenters. The van der Waals surface area contributed by atoms with Gasteiger partial charge >= 0.3 is 0 Å². The van der Waals surface area contributed by atoms with Crippen LogP contribution >= 0.6 is 34.3 Å². The first-order chi connectivity index (χ1) is 12.4. The Labute approximate surface area is 163 Å². The van der Waals surface area contributed by atoms with Crippen LogP contribution in [0.25, 0.3) is 10.6 Å². The molecule has 0 unspecified atom stereocenters. The number of nitrogens with one attached hydrogen (secondary N) is 1. The Morgan fingerprint density at radius 3 is 2.58 bits per heavy atom. The van der Waals surface area contributed by atoms with E-state index in [1.165, 1.54) is 54.0 Å². The summed E-state index contributed by atoms with van der Waals surface area (Å²) >= 11 is 8.49. The third kappa shape index (κ3) is 4.42. The lowest BCUT2D eigenvalue weighted by molar-refractivity contribution is -0.113. The van der Waals surface area contributed by atoms with E-state index in [4.69, 9.17) is 16.3 Å². The van der Waals surface area contributed by atoms with Crippen LogP contribution < -0.4 is 10.1 Å². The highest BCUT2D eigenvalue weighted by molar-refractivity contribution is 7.92. The Hall–Kier alpha value is -1.94. The van der Waals surface area contributed by atoms with Gasteiger partial charge in [-0.3, -0.25) is 4.79 Å². The Morgan fingerprint density at radius 1 is 1.23 bits per heavy atom. The number of sulfone groups is 1. The SMILES string of the molecule is COc1ccc(S(=O)(=O)CC(=O)Nc2nc(-c3ccc(Cl)s3)cs2)cc1. The third-order valence-corrected chi connectivity index (χ3v) is 6.96. The highest BCUT2D eigenvalue weighted by atomic mass is 35.5. The van der Waals surface area contributed by atoms with Crippen molar-refractivity contribution in [1.29, 1.82) is 0 Å². The van der Waals surface area contributed by atoms with Crippen molar-refractivity contribution in [2.24, 2.45) is 0 Å². The number of methoxy groups -OCH3 is 1. The van der Waals surface area contributed by atoms with Crippen LogP contribution in [0.5, 0.6) is 5.75 Å². The number of amides is 1. The number of thiazole rings is 1. The summed E-state index contributed by atoms with van der Waals surface area (Å²) in [5.41, 5.74) is 0.681. The number of carbonyl (C=O) groups excluding carboxylic acids is 1. The monoisotopic (exact) mass is 428 g/mol. The Balaban J connectivity index is 1.67. The van der Waals surface area contributed by atoms with E-state index in [2.05, 4.69) is 10.3 Å². The Kier molecular flexibility index (Phi) is 5.61. The van der Waals surface area contributed by atoms with Gasteiger partial charge in [0.05, 0.1) is 26.9 Å². The molecule has 0 aliphatic rings. The normalized spacial score (nSPS) is 11.3. The number of anilines is 1. The number of rotatable bonds is 6. The minimum Gasteiger partial charge on any atom is -0.497 e. The van der Waals surface area contributed by atoms with E-state index in [1.54, 1.807) is 11.4 Å². The molecule has 6 nitrogen and oxygen atoms in total. The van der Waals surface area contributed by atoms with Crippen LogP contribution in [-0.4, -0.2) is 32.2 Å². The van der Waals surface area contributed by atoms with E-state index >= 15 is 0 Å². The van der Waals surface area contributed by atoms with Crippen LogP contribution in [0.2, 0.25) is 4.34 Å². The lowest BCUT2D eigenvalue weighted by Crippen LogP contribution is -2.22. The molecule has 1 aromatic carbocycles. The second-order valence-electron chi connectivity index (χ2n) is 5.12. The van der Waals surface area contributed by atoms with E-state index in [0.717, 1.165) is 4.88 Å². The van der Waals surface area contributed by atoms with Crippen molar-refractivity contribution in [2.75, 3.05) is 18.2 Å². The predicted molar refractivity (Wildman–Crippen MR) is 104 cm³/mol. The van der Waals surface area contributed by atoms with Gasteiger partial charge in [-0.25, -0.2) is 13.4 Å². The first-order valence-corrected chi connectivity index (χ1v) is 11.0. The van der Waals surface area contributed by atoms with E-state index in [1.807, 2.05) is 6.07 Å². The lowest BCUT2D eigenvalue weighted by Gasteiger charge is -2.05. The van der Waals surface area contributed by atoms with Gasteiger partial charge in [0.2, 0.25) is 5.91 Å². The van der Waals surface area contributed by atoms with E-state index in [9.17, 15) is 13.2 Å². The predicted octanol–water partition coefficient (Wildman–Crippen LogP) is 3.95. The van der Waals surface area contributed by atoms with Gasteiger partial charge in [-0.05, 0) is 36.4 Å². The maximum absolute atomic E-state index is 12.3. The average molecular weight is 429 g/mol. The van der Waals surface area contributed by atoms with Crippen molar-refractivity contribution in [3.05, 3.63) is 46.1 Å². The molecule has 3 rings (SSSR count). The van der Waals surface area contributed by atoms with Crippen LogP contribution in [0.3, 0.4) is 0 Å². The Morgan fingerprint density at radius 2 is 1.96 bits per heavy atom. The zero-order valence-corrected chi connectivity index (χ0v) is 16.6. The molecule has 1 N–H and O–H groups in total. The molecular weight excluding hydrogens is 416 g/mol. The molecule has 2 heterocycles. The molecule has 0 aliphatic heterocycles. The molecule has 0 saturated carbocycles. The van der Waals surface area contributed by atoms with Crippen molar-refractivity contribution in [3.8, 4) is 16.3 Å². The molecule has 3 aromatic rings. The van der Waals surface area contributed by atoms with Gasteiger partial charge < -0.3 is 10.1 Å². The molecular formula is C16H13ClN2O4S3. The minimum atomic E-state index is -3.75. The Bertz CT molecular complexity index is 1030. The lowest BCUT2D eigenvalue weighted by atomic mass is 10.3. The van der Waals surface area contributed by atoms with Crippen molar-refractivity contribution >= 4 is 55.2 Å². The van der Waals surface area contributed by atoms with Gasteiger partial charge in [-0.15, -0.1) is 22.7 Å². The fraction of sp³-hybridized carbons (Fsp3) is 0.125. The molecule has 0 radical (unpaired) electrons. The zero-order chi connectivity index (χ0) is 18.7. The standard InChI is InChI=1S/C16H13ClN2O4S3/c1-23-10-2-4-11(5-3-10)26(21,22)9-15(20)19-16-18-12(8-24-16)13-6-7-14(17)25-13/h2-8H,9H2,1H3,(H,18,19,20). The van der Waals surface area contributed by atoms with E-state index in [-0.39, 0.29) is 4.90 Å². The van der Waals surface area contributed by atoms with Crippen LogP contribution in [0.1, 0.15) is 0 Å². The molecule has 10 heteroatoms.